The molecule has 0 aliphatic carbocycles. The maximum absolute atomic E-state index is 12.2. The van der Waals surface area contributed by atoms with Crippen molar-refractivity contribution in [1.29, 1.82) is 0 Å². The Morgan fingerprint density at radius 3 is 2.58 bits per heavy atom. The fourth-order valence-electron chi connectivity index (χ4n) is 3.64. The van der Waals surface area contributed by atoms with E-state index in [1.807, 2.05) is 20.8 Å². The average Bonchev–Trinajstić information content (AvgIpc) is 2.52. The number of piperidine rings is 1. The Hall–Kier alpha value is -1.59. The van der Waals surface area contributed by atoms with Crippen LogP contribution in [0.25, 0.3) is 0 Å². The van der Waals surface area contributed by atoms with Gasteiger partial charge in [0, 0.05) is 25.7 Å². The summed E-state index contributed by atoms with van der Waals surface area (Å²) in [6, 6.07) is 8.63. The van der Waals surface area contributed by atoms with Gasteiger partial charge < -0.3 is 14.7 Å². The second-order valence-corrected chi connectivity index (χ2v) is 7.84. The summed E-state index contributed by atoms with van der Waals surface area (Å²) in [5.41, 5.74) is 2.26. The number of β-amino-alcohol motifs (C(OH)–C–C–N with tert-alkyl or cyclic N) is 1. The lowest BCUT2D eigenvalue weighted by molar-refractivity contribution is -0.0324. The third-order valence-corrected chi connectivity index (χ3v) is 4.83. The zero-order valence-electron chi connectivity index (χ0n) is 14.9. The van der Waals surface area contributed by atoms with Crippen LogP contribution in [0.2, 0.25) is 0 Å². The summed E-state index contributed by atoms with van der Waals surface area (Å²) in [5.74, 6) is 0. The Kier molecular flexibility index (Phi) is 4.83. The summed E-state index contributed by atoms with van der Waals surface area (Å²) in [6.07, 6.45) is 0.943. The molecule has 0 aromatic heterocycles. The van der Waals surface area contributed by atoms with E-state index in [-0.39, 0.29) is 12.1 Å². The minimum absolute atomic E-state index is 0.108. The maximum atomic E-state index is 12.2. The topological polar surface area (TPSA) is 53.0 Å². The highest BCUT2D eigenvalue weighted by molar-refractivity contribution is 5.68. The molecule has 2 aliphatic heterocycles. The van der Waals surface area contributed by atoms with Crippen molar-refractivity contribution >= 4 is 6.09 Å². The van der Waals surface area contributed by atoms with Crippen molar-refractivity contribution in [2.45, 2.75) is 57.9 Å². The van der Waals surface area contributed by atoms with Crippen LogP contribution in [-0.2, 0) is 17.7 Å². The molecule has 5 heteroatoms. The number of rotatable bonds is 1. The van der Waals surface area contributed by atoms with E-state index in [4.69, 9.17) is 4.74 Å². The maximum Gasteiger partial charge on any atom is 0.410 e. The van der Waals surface area contributed by atoms with Crippen LogP contribution in [0.1, 0.15) is 38.3 Å². The molecular formula is C19H28N2O3. The molecule has 2 heterocycles. The summed E-state index contributed by atoms with van der Waals surface area (Å²) in [6.45, 7) is 8.40. The molecule has 24 heavy (non-hydrogen) atoms. The monoisotopic (exact) mass is 332 g/mol. The Morgan fingerprint density at radius 2 is 1.92 bits per heavy atom. The molecule has 0 unspecified atom stereocenters. The Labute approximate surface area is 144 Å². The SMILES string of the molecule is CC(C)(C)OC(=O)N1CC[C@@H](N2CCc3ccccc3C2)[C@H](O)C1. The van der Waals surface area contributed by atoms with Crippen molar-refractivity contribution in [1.82, 2.24) is 9.80 Å². The van der Waals surface area contributed by atoms with Gasteiger partial charge in [-0.1, -0.05) is 24.3 Å². The Morgan fingerprint density at radius 1 is 1.21 bits per heavy atom. The predicted octanol–water partition coefficient (Wildman–Crippen LogP) is 2.42. The zero-order chi connectivity index (χ0) is 17.3. The molecule has 0 saturated carbocycles. The largest absolute Gasteiger partial charge is 0.444 e. The van der Waals surface area contributed by atoms with E-state index >= 15 is 0 Å². The van der Waals surface area contributed by atoms with Crippen molar-refractivity contribution in [2.75, 3.05) is 19.6 Å². The zero-order valence-corrected chi connectivity index (χ0v) is 14.9. The second kappa shape index (κ2) is 6.73. The van der Waals surface area contributed by atoms with E-state index < -0.39 is 11.7 Å². The van der Waals surface area contributed by atoms with Gasteiger partial charge in [-0.15, -0.1) is 0 Å². The number of fused-ring (bicyclic) bond motifs is 1. The third-order valence-electron chi connectivity index (χ3n) is 4.83. The van der Waals surface area contributed by atoms with Crippen LogP contribution >= 0.6 is 0 Å². The van der Waals surface area contributed by atoms with E-state index in [1.54, 1.807) is 4.90 Å². The number of carbonyl (C=O) groups is 1. The van der Waals surface area contributed by atoms with Gasteiger partial charge in [0.15, 0.2) is 0 Å². The molecular weight excluding hydrogens is 304 g/mol. The number of likely N-dealkylation sites (tertiary alicyclic amines) is 1. The number of hydrogen-bond donors (Lipinski definition) is 1. The molecule has 1 N–H and O–H groups in total. The van der Waals surface area contributed by atoms with Crippen LogP contribution < -0.4 is 0 Å². The molecule has 2 atom stereocenters. The van der Waals surface area contributed by atoms with Crippen LogP contribution in [-0.4, -0.2) is 58.4 Å². The minimum atomic E-state index is -0.531. The molecule has 1 aromatic carbocycles. The molecule has 1 aromatic rings. The summed E-state index contributed by atoms with van der Waals surface area (Å²) >= 11 is 0. The van der Waals surface area contributed by atoms with Crippen LogP contribution in [0, 0.1) is 0 Å². The lowest BCUT2D eigenvalue weighted by atomic mass is 9.94. The van der Waals surface area contributed by atoms with Crippen LogP contribution in [0.4, 0.5) is 4.79 Å². The smallest absolute Gasteiger partial charge is 0.410 e. The van der Waals surface area contributed by atoms with Crippen molar-refractivity contribution in [3.8, 4) is 0 Å². The first-order chi connectivity index (χ1) is 11.3. The number of amides is 1. The first-order valence-corrected chi connectivity index (χ1v) is 8.80. The molecule has 1 amide bonds. The fraction of sp³-hybridized carbons (Fsp3) is 0.632. The molecule has 1 fully saturated rings. The van der Waals surface area contributed by atoms with Crippen molar-refractivity contribution in [3.63, 3.8) is 0 Å². The van der Waals surface area contributed by atoms with Gasteiger partial charge >= 0.3 is 6.09 Å². The van der Waals surface area contributed by atoms with Gasteiger partial charge in [0.1, 0.15) is 5.60 Å². The molecule has 0 spiro atoms. The predicted molar refractivity (Wildman–Crippen MR) is 92.8 cm³/mol. The quantitative estimate of drug-likeness (QED) is 0.858. The van der Waals surface area contributed by atoms with Crippen LogP contribution in [0.15, 0.2) is 24.3 Å². The van der Waals surface area contributed by atoms with Crippen molar-refractivity contribution < 1.29 is 14.6 Å². The summed E-state index contributed by atoms with van der Waals surface area (Å²) in [7, 11) is 0. The molecule has 3 rings (SSSR count). The van der Waals surface area contributed by atoms with Crippen LogP contribution in [0.5, 0.6) is 0 Å². The first-order valence-electron chi connectivity index (χ1n) is 8.80. The fourth-order valence-corrected chi connectivity index (χ4v) is 3.64. The molecule has 0 radical (unpaired) electrons. The Bertz CT molecular complexity index is 597. The highest BCUT2D eigenvalue weighted by atomic mass is 16.6. The highest BCUT2D eigenvalue weighted by Crippen LogP contribution is 2.25. The minimum Gasteiger partial charge on any atom is -0.444 e. The normalized spacial score (nSPS) is 25.2. The number of aliphatic hydroxyl groups is 1. The summed E-state index contributed by atoms with van der Waals surface area (Å²) in [4.78, 5) is 16.2. The number of hydrogen-bond acceptors (Lipinski definition) is 4. The number of ether oxygens (including phenoxy) is 1. The van der Waals surface area contributed by atoms with Gasteiger partial charge in [-0.2, -0.15) is 0 Å². The molecule has 132 valence electrons. The lowest BCUT2D eigenvalue weighted by Crippen LogP contribution is -2.56. The first kappa shape index (κ1) is 17.2. The molecule has 2 aliphatic rings. The van der Waals surface area contributed by atoms with Gasteiger partial charge in [0.25, 0.3) is 0 Å². The van der Waals surface area contributed by atoms with Gasteiger partial charge in [-0.05, 0) is 44.7 Å². The molecule has 5 nitrogen and oxygen atoms in total. The number of benzene rings is 1. The van der Waals surface area contributed by atoms with Gasteiger partial charge in [-0.3, -0.25) is 4.90 Å². The van der Waals surface area contributed by atoms with Gasteiger partial charge in [-0.25, -0.2) is 4.79 Å². The standard InChI is InChI=1S/C19H28N2O3/c1-19(2,3)24-18(23)21-11-9-16(17(22)13-21)20-10-8-14-6-4-5-7-15(14)12-20/h4-7,16-17,22H,8-13H2,1-3H3/t16-,17-/m1/s1. The number of carbonyl (C=O) groups excluding carboxylic acids is 1. The second-order valence-electron chi connectivity index (χ2n) is 7.84. The van der Waals surface area contributed by atoms with E-state index in [1.165, 1.54) is 11.1 Å². The molecule has 1 saturated heterocycles. The van der Waals surface area contributed by atoms with E-state index in [0.717, 1.165) is 25.9 Å². The third kappa shape index (κ3) is 3.90. The Balaban J connectivity index is 1.60. The summed E-state index contributed by atoms with van der Waals surface area (Å²) < 4.78 is 5.41. The van der Waals surface area contributed by atoms with Crippen molar-refractivity contribution in [2.24, 2.45) is 0 Å². The highest BCUT2D eigenvalue weighted by Gasteiger charge is 2.36. The van der Waals surface area contributed by atoms with Gasteiger partial charge in [0.2, 0.25) is 0 Å². The number of nitrogens with zero attached hydrogens (tertiary/aromatic N) is 2. The average molecular weight is 332 g/mol. The molecule has 0 bridgehead atoms. The van der Waals surface area contributed by atoms with Crippen molar-refractivity contribution in [3.05, 3.63) is 35.4 Å². The summed E-state index contributed by atoms with van der Waals surface area (Å²) in [5, 5.41) is 10.6. The van der Waals surface area contributed by atoms with E-state index in [9.17, 15) is 9.90 Å². The lowest BCUT2D eigenvalue weighted by Gasteiger charge is -2.43. The van der Waals surface area contributed by atoms with Gasteiger partial charge in [0.05, 0.1) is 12.6 Å². The van der Waals surface area contributed by atoms with E-state index in [0.29, 0.717) is 13.1 Å². The van der Waals surface area contributed by atoms with E-state index in [2.05, 4.69) is 29.2 Å². The van der Waals surface area contributed by atoms with Crippen LogP contribution in [0.3, 0.4) is 0 Å². The number of aliphatic hydroxyl groups excluding tert-OH is 1.